The van der Waals surface area contributed by atoms with Crippen molar-refractivity contribution in [3.8, 4) is 0 Å². The monoisotopic (exact) mass is 323 g/mol. The Morgan fingerprint density at radius 3 is 2.70 bits per heavy atom. The van der Waals surface area contributed by atoms with E-state index in [4.69, 9.17) is 4.74 Å². The van der Waals surface area contributed by atoms with Crippen LogP contribution >= 0.6 is 0 Å². The highest BCUT2D eigenvalue weighted by atomic mass is 16.5. The van der Waals surface area contributed by atoms with E-state index in [1.807, 2.05) is 0 Å². The second kappa shape index (κ2) is 7.95. The summed E-state index contributed by atoms with van der Waals surface area (Å²) in [5, 5.41) is 6.81. The normalized spacial score (nSPS) is 33.4. The molecule has 132 valence electrons. The second-order valence-corrected chi connectivity index (χ2v) is 7.81. The molecule has 0 bridgehead atoms. The molecule has 5 heteroatoms. The third-order valence-corrected chi connectivity index (χ3v) is 5.95. The Morgan fingerprint density at radius 1 is 1.26 bits per heavy atom. The van der Waals surface area contributed by atoms with Crippen molar-refractivity contribution < 1.29 is 9.53 Å². The molecule has 3 rings (SSSR count). The van der Waals surface area contributed by atoms with E-state index >= 15 is 0 Å². The molecule has 0 radical (unpaired) electrons. The van der Waals surface area contributed by atoms with Crippen LogP contribution in [-0.4, -0.2) is 61.8 Å². The zero-order valence-corrected chi connectivity index (χ0v) is 14.7. The average molecular weight is 323 g/mol. The van der Waals surface area contributed by atoms with E-state index < -0.39 is 0 Å². The number of rotatable bonds is 5. The lowest BCUT2D eigenvalue weighted by Crippen LogP contribution is -2.53. The summed E-state index contributed by atoms with van der Waals surface area (Å²) in [6.45, 7) is 8.82. The summed E-state index contributed by atoms with van der Waals surface area (Å²) in [5.74, 6) is 1.46. The Bertz CT molecular complexity index is 382. The summed E-state index contributed by atoms with van der Waals surface area (Å²) in [5.41, 5.74) is 0. The molecule has 2 heterocycles. The van der Waals surface area contributed by atoms with Crippen molar-refractivity contribution >= 4 is 5.91 Å². The molecule has 2 N–H and O–H groups in total. The van der Waals surface area contributed by atoms with E-state index in [0.717, 1.165) is 45.2 Å². The first kappa shape index (κ1) is 17.2. The van der Waals surface area contributed by atoms with Crippen molar-refractivity contribution in [2.45, 2.75) is 64.1 Å². The molecule has 4 unspecified atom stereocenters. The van der Waals surface area contributed by atoms with Gasteiger partial charge in [-0.3, -0.25) is 9.69 Å². The second-order valence-electron chi connectivity index (χ2n) is 7.81. The molecule has 23 heavy (non-hydrogen) atoms. The summed E-state index contributed by atoms with van der Waals surface area (Å²) >= 11 is 0. The lowest BCUT2D eigenvalue weighted by molar-refractivity contribution is -0.123. The molecular weight excluding hydrogens is 290 g/mol. The van der Waals surface area contributed by atoms with Crippen LogP contribution in [0.4, 0.5) is 0 Å². The number of morpholine rings is 1. The van der Waals surface area contributed by atoms with Gasteiger partial charge in [0, 0.05) is 31.7 Å². The van der Waals surface area contributed by atoms with Crippen molar-refractivity contribution in [2.75, 3.05) is 32.8 Å². The van der Waals surface area contributed by atoms with Crippen LogP contribution in [0.1, 0.15) is 46.0 Å². The maximum Gasteiger partial charge on any atom is 0.237 e. The minimum atomic E-state index is 0.0283. The van der Waals surface area contributed by atoms with Crippen LogP contribution in [0, 0.1) is 11.8 Å². The maximum absolute atomic E-state index is 12.6. The molecule has 0 aromatic rings. The third-order valence-electron chi connectivity index (χ3n) is 5.95. The van der Waals surface area contributed by atoms with Gasteiger partial charge in [-0.15, -0.1) is 0 Å². The van der Waals surface area contributed by atoms with Crippen LogP contribution in [0.5, 0.6) is 0 Å². The zero-order valence-electron chi connectivity index (χ0n) is 14.7. The highest BCUT2D eigenvalue weighted by Crippen LogP contribution is 2.33. The van der Waals surface area contributed by atoms with Gasteiger partial charge in [-0.1, -0.05) is 26.7 Å². The fourth-order valence-corrected chi connectivity index (χ4v) is 4.55. The summed E-state index contributed by atoms with van der Waals surface area (Å²) in [6.07, 6.45) is 6.22. The number of nitrogens with one attached hydrogen (secondary N) is 2. The fraction of sp³-hybridized carbons (Fsp3) is 0.944. The molecule has 0 aromatic heterocycles. The minimum absolute atomic E-state index is 0.0283. The van der Waals surface area contributed by atoms with Crippen molar-refractivity contribution in [1.29, 1.82) is 0 Å². The number of carbonyl (C=O) groups excluding carboxylic acids is 1. The lowest BCUT2D eigenvalue weighted by atomic mass is 9.85. The fourth-order valence-electron chi connectivity index (χ4n) is 4.55. The van der Waals surface area contributed by atoms with Crippen LogP contribution in [0.2, 0.25) is 0 Å². The maximum atomic E-state index is 12.6. The molecule has 5 nitrogen and oxygen atoms in total. The van der Waals surface area contributed by atoms with Crippen LogP contribution in [0.15, 0.2) is 0 Å². The molecule has 1 amide bonds. The molecule has 1 saturated carbocycles. The van der Waals surface area contributed by atoms with Crippen molar-refractivity contribution in [1.82, 2.24) is 15.5 Å². The Kier molecular flexibility index (Phi) is 5.94. The van der Waals surface area contributed by atoms with E-state index in [-0.39, 0.29) is 11.9 Å². The number of hydrogen-bond donors (Lipinski definition) is 2. The minimum Gasteiger partial charge on any atom is -0.379 e. The SMILES string of the molecule is CC(C)C(CNC(=O)C1CC2CCCCC2N1)N1CCOCC1. The Morgan fingerprint density at radius 2 is 2.00 bits per heavy atom. The van der Waals surface area contributed by atoms with E-state index in [2.05, 4.69) is 29.4 Å². The number of nitrogens with zero attached hydrogens (tertiary/aromatic N) is 1. The van der Waals surface area contributed by atoms with Crippen LogP contribution in [0.25, 0.3) is 0 Å². The number of hydrogen-bond acceptors (Lipinski definition) is 4. The summed E-state index contributed by atoms with van der Waals surface area (Å²) < 4.78 is 5.45. The molecule has 1 aliphatic carbocycles. The van der Waals surface area contributed by atoms with Gasteiger partial charge in [0.1, 0.15) is 0 Å². The number of carbonyl (C=O) groups is 1. The lowest BCUT2D eigenvalue weighted by Gasteiger charge is -2.37. The Hall–Kier alpha value is -0.650. The quantitative estimate of drug-likeness (QED) is 0.803. The van der Waals surface area contributed by atoms with E-state index in [9.17, 15) is 4.79 Å². The summed E-state index contributed by atoms with van der Waals surface area (Å²) in [7, 11) is 0. The first-order valence-electron chi connectivity index (χ1n) is 9.50. The number of fused-ring (bicyclic) bond motifs is 1. The largest absolute Gasteiger partial charge is 0.379 e. The van der Waals surface area contributed by atoms with Gasteiger partial charge in [0.05, 0.1) is 19.3 Å². The van der Waals surface area contributed by atoms with Crippen LogP contribution in [-0.2, 0) is 9.53 Å². The number of amides is 1. The third kappa shape index (κ3) is 4.25. The number of ether oxygens (including phenoxy) is 1. The molecule has 2 aliphatic heterocycles. The Labute approximate surface area is 140 Å². The van der Waals surface area contributed by atoms with Gasteiger partial charge >= 0.3 is 0 Å². The van der Waals surface area contributed by atoms with Gasteiger partial charge in [-0.25, -0.2) is 0 Å². The topological polar surface area (TPSA) is 53.6 Å². The van der Waals surface area contributed by atoms with Gasteiger partial charge in [0.15, 0.2) is 0 Å². The predicted molar refractivity (Wildman–Crippen MR) is 91.3 cm³/mol. The molecular formula is C18H33N3O2. The molecule has 4 atom stereocenters. The molecule has 2 saturated heterocycles. The standard InChI is InChI=1S/C18H33N3O2/c1-13(2)17(21-7-9-23-10-8-21)12-19-18(22)16-11-14-5-3-4-6-15(14)20-16/h13-17,20H,3-12H2,1-2H3,(H,19,22). The van der Waals surface area contributed by atoms with E-state index in [1.54, 1.807) is 0 Å². The van der Waals surface area contributed by atoms with Gasteiger partial charge in [0.25, 0.3) is 0 Å². The molecule has 3 fully saturated rings. The van der Waals surface area contributed by atoms with Gasteiger partial charge in [0.2, 0.25) is 5.91 Å². The predicted octanol–water partition coefficient (Wildman–Crippen LogP) is 1.38. The Balaban J connectivity index is 1.48. The van der Waals surface area contributed by atoms with Gasteiger partial charge in [-0.05, 0) is 31.1 Å². The summed E-state index contributed by atoms with van der Waals surface area (Å²) in [4.78, 5) is 15.1. The molecule has 0 spiro atoms. The zero-order chi connectivity index (χ0) is 16.2. The van der Waals surface area contributed by atoms with Crippen LogP contribution in [0.3, 0.4) is 0 Å². The summed E-state index contributed by atoms with van der Waals surface area (Å²) in [6, 6.07) is 1.02. The highest BCUT2D eigenvalue weighted by molar-refractivity contribution is 5.82. The van der Waals surface area contributed by atoms with Gasteiger partial charge in [-0.2, -0.15) is 0 Å². The van der Waals surface area contributed by atoms with E-state index in [1.165, 1.54) is 25.7 Å². The highest BCUT2D eigenvalue weighted by Gasteiger charge is 2.38. The van der Waals surface area contributed by atoms with Crippen LogP contribution < -0.4 is 10.6 Å². The van der Waals surface area contributed by atoms with Crippen molar-refractivity contribution in [3.05, 3.63) is 0 Å². The molecule has 3 aliphatic rings. The van der Waals surface area contributed by atoms with Crippen molar-refractivity contribution in [3.63, 3.8) is 0 Å². The van der Waals surface area contributed by atoms with Gasteiger partial charge < -0.3 is 15.4 Å². The first-order chi connectivity index (χ1) is 11.1. The molecule has 0 aromatic carbocycles. The van der Waals surface area contributed by atoms with E-state index in [0.29, 0.717) is 18.0 Å². The smallest absolute Gasteiger partial charge is 0.237 e. The first-order valence-corrected chi connectivity index (χ1v) is 9.50. The van der Waals surface area contributed by atoms with Crippen molar-refractivity contribution in [2.24, 2.45) is 11.8 Å². The average Bonchev–Trinajstić information content (AvgIpc) is 2.99.